The van der Waals surface area contributed by atoms with Gasteiger partial charge in [0.1, 0.15) is 0 Å². The Labute approximate surface area is 73.8 Å². The Bertz CT molecular complexity index is 125. The van der Waals surface area contributed by atoms with Crippen LogP contribution in [0.15, 0.2) is 0 Å². The third-order valence-corrected chi connectivity index (χ3v) is 3.01. The topological polar surface area (TPSA) is 12.0 Å². The van der Waals surface area contributed by atoms with Crippen LogP contribution in [0.2, 0.25) is 0 Å². The molecule has 2 aliphatic rings. The van der Waals surface area contributed by atoms with Gasteiger partial charge in [0.25, 0.3) is 0 Å². The molecule has 1 heterocycles. The van der Waals surface area contributed by atoms with Crippen molar-refractivity contribution in [3.63, 3.8) is 0 Å². The van der Waals surface area contributed by atoms with E-state index in [-0.39, 0.29) is 12.4 Å². The molecule has 1 atom stereocenters. The zero-order chi connectivity index (χ0) is 6.32. The fourth-order valence-corrected chi connectivity index (χ4v) is 2.35. The Morgan fingerprint density at radius 3 is 2.30 bits per heavy atom. The Balaban J connectivity index is 0.000000500. The Kier molecular flexibility index (Phi) is 2.54. The smallest absolute Gasteiger partial charge is 0.0192 e. The Morgan fingerprint density at radius 2 is 2.10 bits per heavy atom. The zero-order valence-electron chi connectivity index (χ0n) is 5.97. The molecule has 1 saturated carbocycles. The van der Waals surface area contributed by atoms with Crippen molar-refractivity contribution in [1.82, 2.24) is 5.32 Å². The second-order valence-electron chi connectivity index (χ2n) is 3.37. The van der Waals surface area contributed by atoms with Crippen molar-refractivity contribution in [1.29, 1.82) is 0 Å². The first kappa shape index (κ1) is 8.69. The average molecular weight is 180 g/mol. The van der Waals surface area contributed by atoms with Crippen LogP contribution in [0, 0.1) is 0 Å². The molecule has 1 spiro atoms. The maximum absolute atomic E-state index is 4.43. The fraction of sp³-hybridized carbons (Fsp3) is 1.00. The first-order chi connectivity index (χ1) is 4.31. The van der Waals surface area contributed by atoms with Gasteiger partial charge in [0, 0.05) is 17.3 Å². The lowest BCUT2D eigenvalue weighted by Crippen LogP contribution is -2.45. The minimum absolute atomic E-state index is 0. The quantitative estimate of drug-likeness (QED) is 0.539. The summed E-state index contributed by atoms with van der Waals surface area (Å²) >= 11 is 4.43. The van der Waals surface area contributed by atoms with Gasteiger partial charge in [-0.15, -0.1) is 12.4 Å². The fourth-order valence-electron chi connectivity index (χ4n) is 1.91. The van der Waals surface area contributed by atoms with Crippen LogP contribution in [0.1, 0.15) is 25.7 Å². The summed E-state index contributed by atoms with van der Waals surface area (Å²) in [4.78, 5) is 0. The zero-order valence-corrected chi connectivity index (χ0v) is 7.68. The molecule has 0 bridgehead atoms. The van der Waals surface area contributed by atoms with Crippen molar-refractivity contribution < 1.29 is 0 Å². The van der Waals surface area contributed by atoms with Crippen molar-refractivity contribution in [2.45, 2.75) is 36.5 Å². The monoisotopic (exact) mass is 179 g/mol. The highest BCUT2D eigenvalue weighted by molar-refractivity contribution is 7.81. The molecule has 0 aromatic heterocycles. The lowest BCUT2D eigenvalue weighted by molar-refractivity contribution is 0.217. The second kappa shape index (κ2) is 2.92. The van der Waals surface area contributed by atoms with Crippen LogP contribution in [0.5, 0.6) is 0 Å². The van der Waals surface area contributed by atoms with E-state index in [0.29, 0.717) is 10.8 Å². The molecule has 0 amide bonds. The van der Waals surface area contributed by atoms with Gasteiger partial charge in [-0.2, -0.15) is 12.6 Å². The summed E-state index contributed by atoms with van der Waals surface area (Å²) in [5, 5.41) is 4.17. The average Bonchev–Trinajstić information content (AvgIpc) is 2.09. The summed E-state index contributed by atoms with van der Waals surface area (Å²) in [5.74, 6) is 0. The first-order valence-corrected chi connectivity index (χ1v) is 4.26. The van der Waals surface area contributed by atoms with Crippen molar-refractivity contribution in [3.8, 4) is 0 Å². The molecule has 3 heteroatoms. The van der Waals surface area contributed by atoms with Crippen LogP contribution >= 0.6 is 25.0 Å². The van der Waals surface area contributed by atoms with Crippen molar-refractivity contribution >= 4 is 25.0 Å². The Morgan fingerprint density at radius 1 is 1.40 bits per heavy atom. The predicted octanol–water partition coefficient (Wildman–Crippen LogP) is 1.62. The third-order valence-electron chi connectivity index (χ3n) is 2.65. The van der Waals surface area contributed by atoms with Gasteiger partial charge in [0.15, 0.2) is 0 Å². The number of thiol groups is 1. The van der Waals surface area contributed by atoms with E-state index in [1.54, 1.807) is 0 Å². The second-order valence-corrected chi connectivity index (χ2v) is 4.10. The number of rotatable bonds is 0. The summed E-state index contributed by atoms with van der Waals surface area (Å²) in [6.45, 7) is 1.13. The number of hydrogen-bond acceptors (Lipinski definition) is 2. The van der Waals surface area contributed by atoms with E-state index >= 15 is 0 Å². The summed E-state index contributed by atoms with van der Waals surface area (Å²) in [6.07, 6.45) is 5.51. The lowest BCUT2D eigenvalue weighted by Gasteiger charge is -2.38. The highest BCUT2D eigenvalue weighted by Crippen LogP contribution is 2.39. The summed E-state index contributed by atoms with van der Waals surface area (Å²) in [7, 11) is 0. The van der Waals surface area contributed by atoms with Gasteiger partial charge < -0.3 is 5.32 Å². The predicted molar refractivity (Wildman–Crippen MR) is 49.2 cm³/mol. The van der Waals surface area contributed by atoms with Gasteiger partial charge in [-0.05, 0) is 25.7 Å². The Hall–Kier alpha value is 0.600. The highest BCUT2D eigenvalue weighted by Gasteiger charge is 2.41. The molecule has 10 heavy (non-hydrogen) atoms. The standard InChI is InChI=1S/C7H13NS.ClH/c9-6-4-7(8-5-6)2-1-3-7;/h6,8-9H,1-5H2;1H. The van der Waals surface area contributed by atoms with Crippen LogP contribution in [0.25, 0.3) is 0 Å². The van der Waals surface area contributed by atoms with Crippen molar-refractivity contribution in [2.24, 2.45) is 0 Å². The number of hydrogen-bond donors (Lipinski definition) is 2. The molecule has 0 radical (unpaired) electrons. The van der Waals surface area contributed by atoms with E-state index < -0.39 is 0 Å². The van der Waals surface area contributed by atoms with Gasteiger partial charge in [-0.3, -0.25) is 0 Å². The molecule has 1 aliphatic carbocycles. The normalized spacial score (nSPS) is 35.1. The minimum atomic E-state index is 0. The SMILES string of the molecule is Cl.SC1CNC2(CCC2)C1. The van der Waals surface area contributed by atoms with E-state index in [1.807, 2.05) is 0 Å². The lowest BCUT2D eigenvalue weighted by atomic mass is 9.76. The van der Waals surface area contributed by atoms with E-state index in [0.717, 1.165) is 6.54 Å². The van der Waals surface area contributed by atoms with E-state index in [9.17, 15) is 0 Å². The molecule has 1 nitrogen and oxygen atoms in total. The van der Waals surface area contributed by atoms with Crippen LogP contribution in [-0.4, -0.2) is 17.3 Å². The van der Waals surface area contributed by atoms with Crippen LogP contribution < -0.4 is 5.32 Å². The molecule has 2 fully saturated rings. The minimum Gasteiger partial charge on any atom is -0.310 e. The molecular weight excluding hydrogens is 166 g/mol. The number of nitrogens with one attached hydrogen (secondary N) is 1. The molecule has 0 aromatic carbocycles. The van der Waals surface area contributed by atoms with Gasteiger partial charge in [0.2, 0.25) is 0 Å². The highest BCUT2D eigenvalue weighted by atomic mass is 35.5. The summed E-state index contributed by atoms with van der Waals surface area (Å²) in [6, 6.07) is 0. The maximum Gasteiger partial charge on any atom is 0.0192 e. The number of halogens is 1. The van der Waals surface area contributed by atoms with Gasteiger partial charge in [-0.1, -0.05) is 0 Å². The van der Waals surface area contributed by atoms with E-state index in [2.05, 4.69) is 17.9 Å². The molecule has 60 valence electrons. The maximum atomic E-state index is 4.43. The van der Waals surface area contributed by atoms with Crippen LogP contribution in [-0.2, 0) is 0 Å². The van der Waals surface area contributed by atoms with E-state index in [4.69, 9.17) is 0 Å². The van der Waals surface area contributed by atoms with Crippen LogP contribution in [0.4, 0.5) is 0 Å². The summed E-state index contributed by atoms with van der Waals surface area (Å²) in [5.41, 5.74) is 0.562. The first-order valence-electron chi connectivity index (χ1n) is 3.74. The van der Waals surface area contributed by atoms with Crippen molar-refractivity contribution in [3.05, 3.63) is 0 Å². The molecule has 1 aliphatic heterocycles. The largest absolute Gasteiger partial charge is 0.310 e. The molecule has 1 N–H and O–H groups in total. The van der Waals surface area contributed by atoms with E-state index in [1.165, 1.54) is 25.7 Å². The summed E-state index contributed by atoms with van der Waals surface area (Å²) < 4.78 is 0. The molecular formula is C7H14ClNS. The molecule has 1 saturated heterocycles. The van der Waals surface area contributed by atoms with Crippen LogP contribution in [0.3, 0.4) is 0 Å². The molecule has 0 aromatic rings. The van der Waals surface area contributed by atoms with Crippen molar-refractivity contribution in [2.75, 3.05) is 6.54 Å². The van der Waals surface area contributed by atoms with Gasteiger partial charge in [0.05, 0.1) is 0 Å². The van der Waals surface area contributed by atoms with Gasteiger partial charge in [-0.25, -0.2) is 0 Å². The van der Waals surface area contributed by atoms with Gasteiger partial charge >= 0.3 is 0 Å². The molecule has 2 rings (SSSR count). The molecule has 1 unspecified atom stereocenters. The third kappa shape index (κ3) is 1.29.